The Hall–Kier alpha value is -3.13. The van der Waals surface area contributed by atoms with Crippen LogP contribution in [-0.2, 0) is 6.54 Å². The van der Waals surface area contributed by atoms with E-state index in [9.17, 15) is 9.59 Å². The van der Waals surface area contributed by atoms with Crippen LogP contribution < -0.4 is 15.0 Å². The van der Waals surface area contributed by atoms with Gasteiger partial charge in [0, 0.05) is 31.3 Å². The van der Waals surface area contributed by atoms with Crippen LogP contribution in [0.1, 0.15) is 23.2 Å². The summed E-state index contributed by atoms with van der Waals surface area (Å²) in [6.45, 7) is 2.83. The smallest absolute Gasteiger partial charge is 0.266 e. The first-order valence-electron chi connectivity index (χ1n) is 10.5. The number of hydrogen-bond acceptors (Lipinski definition) is 6. The molecule has 0 spiro atoms. The van der Waals surface area contributed by atoms with Crippen molar-refractivity contribution >= 4 is 17.2 Å². The largest absolute Gasteiger partial charge is 0.486 e. The third kappa shape index (κ3) is 4.20. The molecular weight excluding hydrogens is 414 g/mol. The van der Waals surface area contributed by atoms with Crippen LogP contribution in [0, 0.1) is 5.92 Å². The molecule has 0 unspecified atom stereocenters. The lowest BCUT2D eigenvalue weighted by Crippen LogP contribution is -2.42. The number of thiophene rings is 1. The van der Waals surface area contributed by atoms with Gasteiger partial charge in [-0.1, -0.05) is 6.07 Å². The summed E-state index contributed by atoms with van der Waals surface area (Å²) >= 11 is 1.60. The predicted octanol–water partition coefficient (Wildman–Crippen LogP) is 3.30. The van der Waals surface area contributed by atoms with E-state index < -0.39 is 0 Å². The maximum atomic E-state index is 13.1. The van der Waals surface area contributed by atoms with Crippen molar-refractivity contribution in [2.45, 2.75) is 19.4 Å². The van der Waals surface area contributed by atoms with Crippen LogP contribution in [0.2, 0.25) is 0 Å². The first-order valence-corrected chi connectivity index (χ1v) is 11.4. The molecule has 1 aromatic carbocycles. The van der Waals surface area contributed by atoms with Crippen LogP contribution in [-0.4, -0.2) is 46.9 Å². The van der Waals surface area contributed by atoms with Gasteiger partial charge in [0.15, 0.2) is 11.5 Å². The predicted molar refractivity (Wildman–Crippen MR) is 118 cm³/mol. The summed E-state index contributed by atoms with van der Waals surface area (Å²) in [4.78, 5) is 28.4. The Morgan fingerprint density at radius 3 is 2.84 bits per heavy atom. The van der Waals surface area contributed by atoms with E-state index in [0.717, 1.165) is 23.4 Å². The highest BCUT2D eigenvalue weighted by molar-refractivity contribution is 7.13. The van der Waals surface area contributed by atoms with Gasteiger partial charge in [-0.05, 0) is 54.5 Å². The van der Waals surface area contributed by atoms with E-state index in [1.807, 2.05) is 22.4 Å². The monoisotopic (exact) mass is 437 g/mol. The van der Waals surface area contributed by atoms with E-state index in [4.69, 9.17) is 9.47 Å². The van der Waals surface area contributed by atoms with Crippen molar-refractivity contribution in [3.63, 3.8) is 0 Å². The highest BCUT2D eigenvalue weighted by Crippen LogP contribution is 2.31. The standard InChI is InChI=1S/C23H23N3O4S/c27-22-8-6-18(21-4-2-12-31-21)24-26(22)15-16-3-1-9-25(14-16)23(28)17-5-7-19-20(13-17)30-11-10-29-19/h2,4-8,12-13,16H,1,3,9-11,14-15H2/t16-/m1/s1. The van der Waals surface area contributed by atoms with Gasteiger partial charge in [0.05, 0.1) is 4.88 Å². The van der Waals surface area contributed by atoms with E-state index in [-0.39, 0.29) is 17.4 Å². The van der Waals surface area contributed by atoms with Gasteiger partial charge in [0.2, 0.25) is 0 Å². The first-order chi connectivity index (χ1) is 15.2. The molecule has 1 atom stereocenters. The SMILES string of the molecule is O=C(c1ccc2c(c1)OCCO2)N1CCC[C@@H](Cn2nc(-c3cccs3)ccc2=O)C1. The van der Waals surface area contributed by atoms with Gasteiger partial charge < -0.3 is 14.4 Å². The van der Waals surface area contributed by atoms with Crippen LogP contribution in [0.5, 0.6) is 11.5 Å². The maximum Gasteiger partial charge on any atom is 0.266 e. The van der Waals surface area contributed by atoms with Crippen molar-refractivity contribution in [3.05, 3.63) is 63.8 Å². The molecule has 5 rings (SSSR count). The zero-order valence-electron chi connectivity index (χ0n) is 17.0. The molecule has 1 saturated heterocycles. The van der Waals surface area contributed by atoms with Crippen LogP contribution in [0.4, 0.5) is 0 Å². The number of aromatic nitrogens is 2. The molecule has 2 aromatic heterocycles. The second kappa shape index (κ2) is 8.55. The van der Waals surface area contributed by atoms with Crippen LogP contribution in [0.15, 0.2) is 52.6 Å². The Morgan fingerprint density at radius 2 is 2.00 bits per heavy atom. The van der Waals surface area contributed by atoms with Gasteiger partial charge in [0.25, 0.3) is 11.5 Å². The molecule has 3 aromatic rings. The number of amides is 1. The highest BCUT2D eigenvalue weighted by Gasteiger charge is 2.26. The minimum Gasteiger partial charge on any atom is -0.486 e. The molecule has 160 valence electrons. The first kappa shape index (κ1) is 19.8. The summed E-state index contributed by atoms with van der Waals surface area (Å²) in [5.74, 6) is 1.45. The Morgan fingerprint density at radius 1 is 1.13 bits per heavy atom. The third-order valence-corrected chi connectivity index (χ3v) is 6.56. The summed E-state index contributed by atoms with van der Waals surface area (Å²) in [5, 5.41) is 6.56. The minimum absolute atomic E-state index is 0.0192. The quantitative estimate of drug-likeness (QED) is 0.626. The van der Waals surface area contributed by atoms with Gasteiger partial charge in [-0.25, -0.2) is 4.68 Å². The third-order valence-electron chi connectivity index (χ3n) is 5.67. The molecule has 2 aliphatic rings. The number of piperidine rings is 1. The van der Waals surface area contributed by atoms with Gasteiger partial charge in [0.1, 0.15) is 18.9 Å². The summed E-state index contributed by atoms with van der Waals surface area (Å²) in [6, 6.07) is 12.7. The Balaban J connectivity index is 1.30. The van der Waals surface area contributed by atoms with E-state index in [2.05, 4.69) is 5.10 Å². The highest BCUT2D eigenvalue weighted by atomic mass is 32.1. The summed E-state index contributed by atoms with van der Waals surface area (Å²) in [7, 11) is 0. The Kier molecular flexibility index (Phi) is 5.46. The topological polar surface area (TPSA) is 73.7 Å². The fourth-order valence-electron chi connectivity index (χ4n) is 4.14. The number of carbonyl (C=O) groups excluding carboxylic acids is 1. The number of fused-ring (bicyclic) bond motifs is 1. The molecule has 0 N–H and O–H groups in total. The molecule has 31 heavy (non-hydrogen) atoms. The van der Waals surface area contributed by atoms with Crippen LogP contribution in [0.25, 0.3) is 10.6 Å². The molecule has 2 aliphatic heterocycles. The second-order valence-corrected chi connectivity index (χ2v) is 8.78. The maximum absolute atomic E-state index is 13.1. The lowest BCUT2D eigenvalue weighted by Gasteiger charge is -2.33. The Bertz CT molecular complexity index is 1140. The fourth-order valence-corrected chi connectivity index (χ4v) is 4.83. The number of nitrogens with zero attached hydrogens (tertiary/aromatic N) is 3. The normalized spacial score (nSPS) is 18.1. The molecule has 1 amide bonds. The van der Waals surface area contributed by atoms with Crippen molar-refractivity contribution in [1.29, 1.82) is 0 Å². The van der Waals surface area contributed by atoms with E-state index >= 15 is 0 Å². The van der Waals surface area contributed by atoms with Crippen molar-refractivity contribution in [2.75, 3.05) is 26.3 Å². The number of likely N-dealkylation sites (tertiary alicyclic amines) is 1. The molecule has 0 radical (unpaired) electrons. The second-order valence-electron chi connectivity index (χ2n) is 7.83. The minimum atomic E-state index is -0.115. The van der Waals surface area contributed by atoms with Crippen LogP contribution in [0.3, 0.4) is 0 Å². The molecule has 0 saturated carbocycles. The molecule has 0 bridgehead atoms. The van der Waals surface area contributed by atoms with Crippen LogP contribution >= 0.6 is 11.3 Å². The summed E-state index contributed by atoms with van der Waals surface area (Å²) < 4.78 is 12.7. The average molecular weight is 438 g/mol. The lowest BCUT2D eigenvalue weighted by molar-refractivity contribution is 0.0657. The van der Waals surface area contributed by atoms with Gasteiger partial charge >= 0.3 is 0 Å². The van der Waals surface area contributed by atoms with Crippen molar-refractivity contribution in [1.82, 2.24) is 14.7 Å². The fraction of sp³-hybridized carbons (Fsp3) is 0.348. The average Bonchev–Trinajstić information content (AvgIpc) is 3.35. The summed E-state index contributed by atoms with van der Waals surface area (Å²) in [5.41, 5.74) is 1.28. The van der Waals surface area contributed by atoms with E-state index in [0.29, 0.717) is 49.9 Å². The molecule has 7 nitrogen and oxygen atoms in total. The lowest BCUT2D eigenvalue weighted by atomic mass is 9.97. The Labute approximate surface area is 183 Å². The van der Waals surface area contributed by atoms with Gasteiger partial charge in [-0.15, -0.1) is 11.3 Å². The van der Waals surface area contributed by atoms with Gasteiger partial charge in [-0.3, -0.25) is 9.59 Å². The zero-order valence-corrected chi connectivity index (χ0v) is 17.8. The number of hydrogen-bond donors (Lipinski definition) is 0. The molecule has 4 heterocycles. The molecule has 8 heteroatoms. The summed E-state index contributed by atoms with van der Waals surface area (Å²) in [6.07, 6.45) is 1.86. The van der Waals surface area contributed by atoms with E-state index in [1.165, 1.54) is 4.68 Å². The number of rotatable bonds is 4. The van der Waals surface area contributed by atoms with Gasteiger partial charge in [-0.2, -0.15) is 5.10 Å². The molecular formula is C23H23N3O4S. The number of ether oxygens (including phenoxy) is 2. The molecule has 1 fully saturated rings. The van der Waals surface area contributed by atoms with Crippen molar-refractivity contribution < 1.29 is 14.3 Å². The van der Waals surface area contributed by atoms with E-state index in [1.54, 1.807) is 41.7 Å². The molecule has 0 aliphatic carbocycles. The number of benzene rings is 1. The zero-order chi connectivity index (χ0) is 21.2. The van der Waals surface area contributed by atoms with Crippen molar-refractivity contribution in [3.8, 4) is 22.1 Å². The van der Waals surface area contributed by atoms with Crippen molar-refractivity contribution in [2.24, 2.45) is 5.92 Å². The number of carbonyl (C=O) groups is 1.